The summed E-state index contributed by atoms with van der Waals surface area (Å²) in [6, 6.07) is 5.55. The first kappa shape index (κ1) is 14.2. The number of hydrazone groups is 1. The van der Waals surface area contributed by atoms with Gasteiger partial charge >= 0.3 is 0 Å². The van der Waals surface area contributed by atoms with Gasteiger partial charge < -0.3 is 15.2 Å². The summed E-state index contributed by atoms with van der Waals surface area (Å²) in [4.78, 5) is 0. The minimum atomic E-state index is 0.121. The summed E-state index contributed by atoms with van der Waals surface area (Å²) >= 11 is 4.65. The molecule has 0 aliphatic carbocycles. The summed E-state index contributed by atoms with van der Waals surface area (Å²) in [6.07, 6.45) is 1.60. The molecule has 0 unspecified atom stereocenters. The monoisotopic (exact) mass is 267 g/mol. The van der Waals surface area contributed by atoms with Crippen LogP contribution in [0.25, 0.3) is 0 Å². The fraction of sp³-hybridized carbons (Fsp3) is 0.333. The highest BCUT2D eigenvalue weighted by Crippen LogP contribution is 2.23. The van der Waals surface area contributed by atoms with Crippen LogP contribution in [0.1, 0.15) is 19.4 Å². The molecule has 0 radical (unpaired) electrons. The Bertz CT molecular complexity index is 435. The van der Waals surface area contributed by atoms with E-state index in [1.807, 2.05) is 32.0 Å². The quantitative estimate of drug-likeness (QED) is 0.466. The molecule has 1 aromatic carbocycles. The molecule has 5 nitrogen and oxygen atoms in total. The van der Waals surface area contributed by atoms with Crippen LogP contribution >= 0.6 is 12.2 Å². The van der Waals surface area contributed by atoms with Gasteiger partial charge in [0.05, 0.1) is 19.4 Å². The molecule has 0 aliphatic rings. The third-order valence-corrected chi connectivity index (χ3v) is 2.07. The van der Waals surface area contributed by atoms with Crippen LogP contribution in [0.2, 0.25) is 0 Å². The van der Waals surface area contributed by atoms with E-state index in [1.165, 1.54) is 0 Å². The molecule has 0 spiro atoms. The minimum absolute atomic E-state index is 0.121. The van der Waals surface area contributed by atoms with Gasteiger partial charge in [0, 0.05) is 11.6 Å². The van der Waals surface area contributed by atoms with Crippen molar-refractivity contribution < 1.29 is 9.47 Å². The molecule has 1 aromatic rings. The number of thiocarbonyl (C=S) groups is 1. The van der Waals surface area contributed by atoms with Gasteiger partial charge in [-0.15, -0.1) is 0 Å². The maximum Gasteiger partial charge on any atom is 0.184 e. The van der Waals surface area contributed by atoms with Gasteiger partial charge in [-0.25, -0.2) is 0 Å². The highest BCUT2D eigenvalue weighted by Gasteiger charge is 2.03. The standard InChI is InChI=1S/C12H17N3O2S/c1-3-16-10-6-5-9(8-14-15-12(13)18)11(7-10)17-4-2/h5-8H,3-4H2,1-2H3,(H3,13,15,18)/b14-8+. The van der Waals surface area contributed by atoms with Crippen molar-refractivity contribution in [3.63, 3.8) is 0 Å². The minimum Gasteiger partial charge on any atom is -0.494 e. The predicted octanol–water partition coefficient (Wildman–Crippen LogP) is 1.65. The van der Waals surface area contributed by atoms with Crippen LogP contribution in [0.3, 0.4) is 0 Å². The van der Waals surface area contributed by atoms with Crippen molar-refractivity contribution in [2.75, 3.05) is 13.2 Å². The van der Waals surface area contributed by atoms with Gasteiger partial charge in [-0.2, -0.15) is 5.10 Å². The molecule has 0 fully saturated rings. The molecule has 3 N–H and O–H groups in total. The van der Waals surface area contributed by atoms with Gasteiger partial charge in [0.15, 0.2) is 5.11 Å². The summed E-state index contributed by atoms with van der Waals surface area (Å²) in [7, 11) is 0. The Morgan fingerprint density at radius 3 is 2.72 bits per heavy atom. The van der Waals surface area contributed by atoms with Crippen molar-refractivity contribution in [2.45, 2.75) is 13.8 Å². The normalized spacial score (nSPS) is 10.3. The number of ether oxygens (including phenoxy) is 2. The zero-order valence-electron chi connectivity index (χ0n) is 10.5. The van der Waals surface area contributed by atoms with Gasteiger partial charge in [0.2, 0.25) is 0 Å². The maximum absolute atomic E-state index is 5.52. The van der Waals surface area contributed by atoms with E-state index in [0.29, 0.717) is 19.0 Å². The zero-order chi connectivity index (χ0) is 13.4. The van der Waals surface area contributed by atoms with Crippen molar-refractivity contribution in [2.24, 2.45) is 10.8 Å². The average Bonchev–Trinajstić information content (AvgIpc) is 2.32. The highest BCUT2D eigenvalue weighted by molar-refractivity contribution is 7.80. The van der Waals surface area contributed by atoms with Crippen LogP contribution in [0.4, 0.5) is 0 Å². The fourth-order valence-corrected chi connectivity index (χ4v) is 1.38. The molecule has 0 amide bonds. The van der Waals surface area contributed by atoms with Crippen LogP contribution in [0, 0.1) is 0 Å². The molecule has 98 valence electrons. The number of nitrogens with one attached hydrogen (secondary N) is 1. The second kappa shape index (κ2) is 7.50. The van der Waals surface area contributed by atoms with E-state index in [-0.39, 0.29) is 5.11 Å². The van der Waals surface area contributed by atoms with Crippen molar-refractivity contribution in [1.29, 1.82) is 0 Å². The Labute approximate surface area is 112 Å². The molecular formula is C12H17N3O2S. The van der Waals surface area contributed by atoms with Crippen LogP contribution in [-0.4, -0.2) is 24.5 Å². The number of nitrogens with two attached hydrogens (primary N) is 1. The van der Waals surface area contributed by atoms with E-state index in [2.05, 4.69) is 22.7 Å². The van der Waals surface area contributed by atoms with Crippen LogP contribution < -0.4 is 20.6 Å². The molecule has 6 heteroatoms. The molecule has 0 atom stereocenters. The van der Waals surface area contributed by atoms with Crippen molar-refractivity contribution >= 4 is 23.5 Å². The van der Waals surface area contributed by atoms with Gasteiger partial charge in [-0.05, 0) is 38.2 Å². The lowest BCUT2D eigenvalue weighted by atomic mass is 10.2. The van der Waals surface area contributed by atoms with Crippen LogP contribution in [-0.2, 0) is 0 Å². The first-order valence-corrected chi connectivity index (χ1v) is 6.06. The van der Waals surface area contributed by atoms with E-state index < -0.39 is 0 Å². The molecule has 0 aliphatic heterocycles. The average molecular weight is 267 g/mol. The van der Waals surface area contributed by atoms with E-state index in [0.717, 1.165) is 11.3 Å². The zero-order valence-corrected chi connectivity index (χ0v) is 11.3. The van der Waals surface area contributed by atoms with Gasteiger partial charge in [-0.3, -0.25) is 5.43 Å². The number of nitrogens with zero attached hydrogens (tertiary/aromatic N) is 1. The van der Waals surface area contributed by atoms with E-state index in [4.69, 9.17) is 15.2 Å². The van der Waals surface area contributed by atoms with Gasteiger partial charge in [0.25, 0.3) is 0 Å². The smallest absolute Gasteiger partial charge is 0.184 e. The number of hydrogen-bond donors (Lipinski definition) is 2. The molecule has 0 heterocycles. The lowest BCUT2D eigenvalue weighted by Crippen LogP contribution is -2.24. The second-order valence-electron chi connectivity index (χ2n) is 3.30. The van der Waals surface area contributed by atoms with E-state index in [1.54, 1.807) is 6.21 Å². The van der Waals surface area contributed by atoms with Crippen LogP contribution in [0.5, 0.6) is 11.5 Å². The highest BCUT2D eigenvalue weighted by atomic mass is 32.1. The van der Waals surface area contributed by atoms with E-state index >= 15 is 0 Å². The Balaban J connectivity index is 2.88. The van der Waals surface area contributed by atoms with Gasteiger partial charge in [-0.1, -0.05) is 0 Å². The fourth-order valence-electron chi connectivity index (χ4n) is 1.32. The summed E-state index contributed by atoms with van der Waals surface area (Å²) < 4.78 is 10.9. The third kappa shape index (κ3) is 4.58. The molecular weight excluding hydrogens is 250 g/mol. The second-order valence-corrected chi connectivity index (χ2v) is 3.74. The lowest BCUT2D eigenvalue weighted by molar-refractivity contribution is 0.323. The summed E-state index contributed by atoms with van der Waals surface area (Å²) in [6.45, 7) is 5.03. The Hall–Kier alpha value is -1.82. The molecule has 0 saturated heterocycles. The first-order chi connectivity index (χ1) is 8.67. The van der Waals surface area contributed by atoms with Crippen molar-refractivity contribution in [1.82, 2.24) is 5.43 Å². The van der Waals surface area contributed by atoms with Crippen molar-refractivity contribution in [3.05, 3.63) is 23.8 Å². The summed E-state index contributed by atoms with van der Waals surface area (Å²) in [5.74, 6) is 1.47. The first-order valence-electron chi connectivity index (χ1n) is 5.65. The van der Waals surface area contributed by atoms with E-state index in [9.17, 15) is 0 Å². The molecule has 0 aromatic heterocycles. The molecule has 0 saturated carbocycles. The molecule has 0 bridgehead atoms. The largest absolute Gasteiger partial charge is 0.494 e. The summed E-state index contributed by atoms with van der Waals surface area (Å²) in [5, 5.41) is 4.02. The predicted molar refractivity (Wildman–Crippen MR) is 76.3 cm³/mol. The molecule has 1 rings (SSSR count). The number of hydrogen-bond acceptors (Lipinski definition) is 4. The Morgan fingerprint density at radius 1 is 1.39 bits per heavy atom. The Kier molecular flexibility index (Phi) is 5.93. The third-order valence-electron chi connectivity index (χ3n) is 1.97. The summed E-state index contributed by atoms with van der Waals surface area (Å²) in [5.41, 5.74) is 8.59. The number of benzene rings is 1. The molecule has 18 heavy (non-hydrogen) atoms. The number of rotatable bonds is 6. The SMILES string of the molecule is CCOc1ccc(/C=N/NC(N)=S)c(OCC)c1. The van der Waals surface area contributed by atoms with Crippen LogP contribution in [0.15, 0.2) is 23.3 Å². The van der Waals surface area contributed by atoms with Gasteiger partial charge in [0.1, 0.15) is 11.5 Å². The Morgan fingerprint density at radius 2 is 2.11 bits per heavy atom. The topological polar surface area (TPSA) is 68.9 Å². The maximum atomic E-state index is 5.52. The van der Waals surface area contributed by atoms with Crippen molar-refractivity contribution in [3.8, 4) is 11.5 Å². The lowest BCUT2D eigenvalue weighted by Gasteiger charge is -2.09.